The van der Waals surface area contributed by atoms with Gasteiger partial charge in [0.25, 0.3) is 0 Å². The van der Waals surface area contributed by atoms with Crippen LogP contribution in [0.15, 0.2) is 95.0 Å². The summed E-state index contributed by atoms with van der Waals surface area (Å²) in [5.74, 6) is 0. The minimum Gasteiger partial charge on any atom is -0.326 e. The molecule has 0 aliphatic carbocycles. The Morgan fingerprint density at radius 2 is 1.56 bits per heavy atom. The topological polar surface area (TPSA) is 33.4 Å². The van der Waals surface area contributed by atoms with Gasteiger partial charge in [-0.3, -0.25) is 5.01 Å². The number of imidazole rings is 1. The number of nitrogens with zero attached hydrogens (tertiary/aromatic N) is 4. The summed E-state index contributed by atoms with van der Waals surface area (Å²) in [7, 11) is 0. The zero-order chi connectivity index (χ0) is 22.2. The Balaban J connectivity index is 1.71. The van der Waals surface area contributed by atoms with E-state index in [4.69, 9.17) is 39.9 Å². The highest BCUT2D eigenvalue weighted by Gasteiger charge is 2.41. The molecule has 0 bridgehead atoms. The molecule has 4 nitrogen and oxygen atoms in total. The van der Waals surface area contributed by atoms with Crippen molar-refractivity contribution in [3.63, 3.8) is 0 Å². The molecule has 1 aliphatic rings. The number of anilines is 1. The van der Waals surface area contributed by atoms with Crippen LogP contribution in [-0.4, -0.2) is 15.3 Å². The summed E-state index contributed by atoms with van der Waals surface area (Å²) >= 11 is 22.3. The van der Waals surface area contributed by atoms with E-state index in [0.717, 1.165) is 27.0 Å². The zero-order valence-electron chi connectivity index (χ0n) is 16.5. The van der Waals surface area contributed by atoms with Crippen LogP contribution in [0.4, 0.5) is 5.69 Å². The van der Waals surface area contributed by atoms with E-state index >= 15 is 0 Å². The lowest BCUT2D eigenvalue weighted by atomic mass is 9.92. The van der Waals surface area contributed by atoms with Crippen molar-refractivity contribution in [2.24, 2.45) is 5.10 Å². The molecular formula is C24H16BrCl3N4. The van der Waals surface area contributed by atoms with E-state index < -0.39 is 0 Å². The van der Waals surface area contributed by atoms with Crippen LogP contribution in [-0.2, 0) is 0 Å². The molecule has 0 saturated heterocycles. The SMILES string of the molecule is Clc1ccc([C@@H]2[C@H](n3ccnc3)C(c3ccc(Br)cc3)=NN2c2ccc(Cl)c(Cl)c2)cc1. The average molecular weight is 547 g/mol. The maximum atomic E-state index is 6.37. The predicted molar refractivity (Wildman–Crippen MR) is 135 cm³/mol. The van der Waals surface area contributed by atoms with Crippen LogP contribution in [0.2, 0.25) is 15.1 Å². The molecule has 4 aromatic rings. The number of hydrogen-bond donors (Lipinski definition) is 0. The number of rotatable bonds is 4. The smallest absolute Gasteiger partial charge is 0.106 e. The standard InChI is InChI=1S/C24H16BrCl3N4/c25-17-5-1-15(2-6-17)22-24(31-12-11-29-14-31)23(16-3-7-18(26)8-4-16)32(30-22)19-9-10-20(27)21(28)13-19/h1-14,23-24H/t23-,24-/m1/s1. The summed E-state index contributed by atoms with van der Waals surface area (Å²) in [6.07, 6.45) is 5.56. The molecule has 0 spiro atoms. The first-order valence-electron chi connectivity index (χ1n) is 9.83. The van der Waals surface area contributed by atoms with Crippen molar-refractivity contribution < 1.29 is 0 Å². The Morgan fingerprint density at radius 3 is 2.22 bits per heavy atom. The molecule has 0 radical (unpaired) electrons. The van der Waals surface area contributed by atoms with Crippen LogP contribution in [0.5, 0.6) is 0 Å². The van der Waals surface area contributed by atoms with Gasteiger partial charge >= 0.3 is 0 Å². The average Bonchev–Trinajstić information content (AvgIpc) is 3.45. The van der Waals surface area contributed by atoms with Gasteiger partial charge in [-0.25, -0.2) is 4.98 Å². The number of hydrogen-bond acceptors (Lipinski definition) is 3. The molecule has 0 unspecified atom stereocenters. The van der Waals surface area contributed by atoms with Gasteiger partial charge in [-0.05, 0) is 48.0 Å². The van der Waals surface area contributed by atoms with Gasteiger partial charge in [0.05, 0.1) is 27.8 Å². The van der Waals surface area contributed by atoms with Crippen LogP contribution in [0.25, 0.3) is 0 Å². The Kier molecular flexibility index (Phi) is 5.99. The maximum absolute atomic E-state index is 6.37. The summed E-state index contributed by atoms with van der Waals surface area (Å²) in [5, 5.41) is 8.75. The van der Waals surface area contributed by atoms with Gasteiger partial charge < -0.3 is 4.57 Å². The van der Waals surface area contributed by atoms with E-state index in [9.17, 15) is 0 Å². The molecule has 3 aromatic carbocycles. The van der Waals surface area contributed by atoms with E-state index in [1.807, 2.05) is 66.1 Å². The number of hydrazone groups is 1. The molecule has 160 valence electrons. The first kappa shape index (κ1) is 21.5. The lowest BCUT2D eigenvalue weighted by Crippen LogP contribution is -2.28. The fourth-order valence-electron chi connectivity index (χ4n) is 3.94. The minimum absolute atomic E-state index is 0.130. The third kappa shape index (κ3) is 4.06. The van der Waals surface area contributed by atoms with Gasteiger partial charge in [-0.2, -0.15) is 5.10 Å². The van der Waals surface area contributed by atoms with Gasteiger partial charge in [0.2, 0.25) is 0 Å². The fourth-order valence-corrected chi connectivity index (χ4v) is 4.62. The van der Waals surface area contributed by atoms with Crippen LogP contribution >= 0.6 is 50.7 Å². The van der Waals surface area contributed by atoms with Crippen LogP contribution in [0, 0.1) is 0 Å². The van der Waals surface area contributed by atoms with Crippen molar-refractivity contribution in [1.82, 2.24) is 9.55 Å². The highest BCUT2D eigenvalue weighted by molar-refractivity contribution is 9.10. The molecule has 0 fully saturated rings. The van der Waals surface area contributed by atoms with Gasteiger partial charge in [-0.15, -0.1) is 0 Å². The molecule has 1 aliphatic heterocycles. The molecule has 0 amide bonds. The van der Waals surface area contributed by atoms with Crippen molar-refractivity contribution in [2.75, 3.05) is 5.01 Å². The molecule has 32 heavy (non-hydrogen) atoms. The van der Waals surface area contributed by atoms with Crippen molar-refractivity contribution in [2.45, 2.75) is 12.1 Å². The third-order valence-corrected chi connectivity index (χ3v) is 6.94. The number of benzene rings is 3. The largest absolute Gasteiger partial charge is 0.326 e. The third-order valence-electron chi connectivity index (χ3n) is 5.42. The maximum Gasteiger partial charge on any atom is 0.106 e. The summed E-state index contributed by atoms with van der Waals surface area (Å²) in [4.78, 5) is 4.30. The Hall–Kier alpha value is -2.31. The van der Waals surface area contributed by atoms with E-state index in [-0.39, 0.29) is 12.1 Å². The highest BCUT2D eigenvalue weighted by atomic mass is 79.9. The second-order valence-corrected chi connectivity index (χ2v) is 9.55. The van der Waals surface area contributed by atoms with Crippen LogP contribution < -0.4 is 5.01 Å². The Bertz CT molecular complexity index is 1270. The van der Waals surface area contributed by atoms with E-state index in [0.29, 0.717) is 15.1 Å². The summed E-state index contributed by atoms with van der Waals surface area (Å²) in [5.41, 5.74) is 3.85. The second-order valence-electron chi connectivity index (χ2n) is 7.39. The van der Waals surface area contributed by atoms with Gasteiger partial charge in [0, 0.05) is 27.5 Å². The lowest BCUT2D eigenvalue weighted by Gasteiger charge is -2.29. The molecular weight excluding hydrogens is 531 g/mol. The molecule has 0 saturated carbocycles. The fraction of sp³-hybridized carbons (Fsp3) is 0.0833. The first-order valence-corrected chi connectivity index (χ1v) is 11.8. The van der Waals surface area contributed by atoms with Gasteiger partial charge in [-0.1, -0.05) is 75.0 Å². The van der Waals surface area contributed by atoms with Crippen molar-refractivity contribution in [1.29, 1.82) is 0 Å². The molecule has 0 N–H and O–H groups in total. The molecule has 1 aromatic heterocycles. The lowest BCUT2D eigenvalue weighted by molar-refractivity contribution is 0.527. The van der Waals surface area contributed by atoms with E-state index in [1.54, 1.807) is 12.3 Å². The summed E-state index contributed by atoms with van der Waals surface area (Å²) < 4.78 is 3.09. The van der Waals surface area contributed by atoms with Crippen molar-refractivity contribution >= 4 is 62.1 Å². The van der Waals surface area contributed by atoms with E-state index in [2.05, 4.69) is 37.6 Å². The Labute approximate surface area is 209 Å². The van der Waals surface area contributed by atoms with Gasteiger partial charge in [0.1, 0.15) is 12.1 Å². The quantitative estimate of drug-likeness (QED) is 0.262. The molecule has 5 rings (SSSR count). The van der Waals surface area contributed by atoms with Crippen LogP contribution in [0.3, 0.4) is 0 Å². The molecule has 2 atom stereocenters. The second kappa shape index (κ2) is 8.91. The van der Waals surface area contributed by atoms with Crippen molar-refractivity contribution in [3.8, 4) is 0 Å². The Morgan fingerprint density at radius 1 is 0.812 bits per heavy atom. The molecule has 8 heteroatoms. The summed E-state index contributed by atoms with van der Waals surface area (Å²) in [6, 6.07) is 21.3. The van der Waals surface area contributed by atoms with Gasteiger partial charge in [0.15, 0.2) is 0 Å². The monoisotopic (exact) mass is 544 g/mol. The van der Waals surface area contributed by atoms with E-state index in [1.165, 1.54) is 0 Å². The first-order chi connectivity index (χ1) is 15.5. The number of aromatic nitrogens is 2. The number of halogens is 4. The predicted octanol–water partition coefficient (Wildman–Crippen LogP) is 7.81. The normalized spacial score (nSPS) is 18.1. The zero-order valence-corrected chi connectivity index (χ0v) is 20.4. The highest BCUT2D eigenvalue weighted by Crippen LogP contribution is 2.44. The van der Waals surface area contributed by atoms with Crippen LogP contribution in [0.1, 0.15) is 23.2 Å². The minimum atomic E-state index is -0.155. The summed E-state index contributed by atoms with van der Waals surface area (Å²) in [6.45, 7) is 0. The molecule has 2 heterocycles. The van der Waals surface area contributed by atoms with Crippen molar-refractivity contribution in [3.05, 3.63) is 116 Å².